The van der Waals surface area contributed by atoms with Crippen molar-refractivity contribution in [2.24, 2.45) is 0 Å². The van der Waals surface area contributed by atoms with Crippen LogP contribution in [0.15, 0.2) is 61.1 Å². The number of benzene rings is 2. The van der Waals surface area contributed by atoms with Gasteiger partial charge in [0.2, 0.25) is 11.9 Å². The average Bonchev–Trinajstić information content (AvgIpc) is 3.54. The molecule has 3 heterocycles. The van der Waals surface area contributed by atoms with Crippen molar-refractivity contribution in [1.82, 2.24) is 30.0 Å². The van der Waals surface area contributed by atoms with Gasteiger partial charge in [-0.2, -0.15) is 23.3 Å². The minimum Gasteiger partial charge on any atom is -0.495 e. The first-order valence-electron chi connectivity index (χ1n) is 14.4. The summed E-state index contributed by atoms with van der Waals surface area (Å²) in [5.41, 5.74) is 1.32. The molecule has 2 aromatic heterocycles. The van der Waals surface area contributed by atoms with E-state index in [1.165, 1.54) is 26.3 Å². The molecular weight excluding hydrogens is 589 g/mol. The Morgan fingerprint density at radius 1 is 1.02 bits per heavy atom. The zero-order valence-electron chi connectivity index (χ0n) is 25.0. The van der Waals surface area contributed by atoms with Crippen molar-refractivity contribution in [1.29, 1.82) is 0 Å². The molecule has 0 unspecified atom stereocenters. The van der Waals surface area contributed by atoms with Gasteiger partial charge in [-0.05, 0) is 42.7 Å². The van der Waals surface area contributed by atoms with Gasteiger partial charge in [0.1, 0.15) is 17.1 Å². The highest BCUT2D eigenvalue weighted by atomic mass is 19.4. The molecule has 0 bridgehead atoms. The number of piperidine rings is 1. The van der Waals surface area contributed by atoms with Crippen LogP contribution in [0.5, 0.6) is 5.75 Å². The molecule has 1 aliphatic rings. The summed E-state index contributed by atoms with van der Waals surface area (Å²) in [6.07, 6.45) is 1.78. The molecule has 0 atom stereocenters. The minimum absolute atomic E-state index is 0.116. The number of carbonyl (C=O) groups excluding carboxylic acids is 2. The van der Waals surface area contributed by atoms with E-state index in [-0.39, 0.29) is 29.1 Å². The number of nitrogens with zero attached hydrogens (tertiary/aromatic N) is 5. The third kappa shape index (κ3) is 7.00. The van der Waals surface area contributed by atoms with E-state index in [0.717, 1.165) is 24.0 Å². The predicted molar refractivity (Wildman–Crippen MR) is 163 cm³/mol. The number of ether oxygens (including phenoxy) is 1. The molecule has 0 saturated carbocycles. The number of carbonyl (C=O) groups is 2. The fourth-order valence-electron chi connectivity index (χ4n) is 5.18. The Morgan fingerprint density at radius 3 is 2.47 bits per heavy atom. The van der Waals surface area contributed by atoms with Gasteiger partial charge in [-0.15, -0.1) is 0 Å². The number of likely N-dealkylation sites (tertiary alicyclic amines) is 1. The number of hydrogen-bond donors (Lipinski definition) is 3. The van der Waals surface area contributed by atoms with Gasteiger partial charge < -0.3 is 25.6 Å². The second-order valence-electron chi connectivity index (χ2n) is 10.4. The van der Waals surface area contributed by atoms with Crippen LogP contribution in [-0.2, 0) is 11.0 Å². The quantitative estimate of drug-likeness (QED) is 0.214. The smallest absolute Gasteiger partial charge is 0.421 e. The lowest BCUT2D eigenvalue weighted by Gasteiger charge is -2.32. The second-order valence-corrected chi connectivity index (χ2v) is 10.4. The van der Waals surface area contributed by atoms with Crippen molar-refractivity contribution in [2.45, 2.75) is 38.4 Å². The standard InChI is InChI=1S/C31H33F3N8O3/c1-4-27(43)41-13-11-21(12-14-41)42-18-20(16-37-42)19-9-10-25(26(15-19)45-3)39-30-36-17-23(31(32,33)34)28(40-30)38-24-8-6-5-7-22(24)29(44)35-2/h5-10,15-18,21H,4,11-14H2,1-3H3,(H,35,44)(H2,36,38,39,40). The number of aromatic nitrogens is 4. The number of hydrogen-bond acceptors (Lipinski definition) is 8. The number of anilines is 4. The zero-order valence-corrected chi connectivity index (χ0v) is 25.0. The van der Waals surface area contributed by atoms with Crippen LogP contribution in [0.25, 0.3) is 11.1 Å². The first-order valence-corrected chi connectivity index (χ1v) is 14.4. The van der Waals surface area contributed by atoms with Crippen LogP contribution in [0.3, 0.4) is 0 Å². The molecule has 0 aliphatic carbocycles. The van der Waals surface area contributed by atoms with Crippen molar-refractivity contribution in [2.75, 3.05) is 37.9 Å². The Labute approximate surface area is 257 Å². The minimum atomic E-state index is -4.75. The molecule has 11 nitrogen and oxygen atoms in total. The monoisotopic (exact) mass is 622 g/mol. The summed E-state index contributed by atoms with van der Waals surface area (Å²) in [6, 6.07) is 11.7. The van der Waals surface area contributed by atoms with Gasteiger partial charge in [0.25, 0.3) is 5.91 Å². The lowest BCUT2D eigenvalue weighted by molar-refractivity contribution is -0.137. The molecule has 4 aromatic rings. The summed E-state index contributed by atoms with van der Waals surface area (Å²) in [4.78, 5) is 34.2. The lowest BCUT2D eigenvalue weighted by Crippen LogP contribution is -2.38. The van der Waals surface area contributed by atoms with E-state index in [0.29, 0.717) is 37.1 Å². The fraction of sp³-hybridized carbons (Fsp3) is 0.323. The Balaban J connectivity index is 1.36. The molecule has 0 spiro atoms. The molecule has 1 saturated heterocycles. The Hall–Kier alpha value is -5.14. The summed E-state index contributed by atoms with van der Waals surface area (Å²) < 4.78 is 49.2. The van der Waals surface area contributed by atoms with Crippen molar-refractivity contribution >= 4 is 35.0 Å². The van der Waals surface area contributed by atoms with E-state index in [1.807, 2.05) is 28.8 Å². The number of alkyl halides is 3. The highest BCUT2D eigenvalue weighted by molar-refractivity contribution is 6.00. The first-order chi connectivity index (χ1) is 21.6. The highest BCUT2D eigenvalue weighted by Gasteiger charge is 2.36. The van der Waals surface area contributed by atoms with Crippen molar-refractivity contribution in [3.8, 4) is 16.9 Å². The third-order valence-electron chi connectivity index (χ3n) is 7.62. The highest BCUT2D eigenvalue weighted by Crippen LogP contribution is 2.37. The number of methoxy groups -OCH3 is 1. The van der Waals surface area contributed by atoms with E-state index in [2.05, 4.69) is 31.0 Å². The molecule has 5 rings (SSSR count). The maximum Gasteiger partial charge on any atom is 0.421 e. The molecule has 0 radical (unpaired) electrons. The van der Waals surface area contributed by atoms with Gasteiger partial charge in [-0.25, -0.2) is 4.98 Å². The summed E-state index contributed by atoms with van der Waals surface area (Å²) in [5.74, 6) is -0.534. The first kappa shape index (κ1) is 31.3. The average molecular weight is 623 g/mol. The topological polar surface area (TPSA) is 126 Å². The molecule has 2 amide bonds. The number of amides is 2. The number of para-hydroxylation sites is 1. The Morgan fingerprint density at radius 2 is 1.78 bits per heavy atom. The second kappa shape index (κ2) is 13.2. The largest absolute Gasteiger partial charge is 0.495 e. The van der Waals surface area contributed by atoms with Gasteiger partial charge >= 0.3 is 6.18 Å². The molecule has 236 valence electrons. The summed E-state index contributed by atoms with van der Waals surface area (Å²) in [7, 11) is 2.91. The normalized spacial score (nSPS) is 13.8. The van der Waals surface area contributed by atoms with E-state index in [4.69, 9.17) is 4.74 Å². The van der Waals surface area contributed by atoms with Crippen LogP contribution in [-0.4, -0.2) is 63.7 Å². The van der Waals surface area contributed by atoms with Gasteiger partial charge in [-0.1, -0.05) is 25.1 Å². The van der Waals surface area contributed by atoms with Crippen LogP contribution >= 0.6 is 0 Å². The number of halogens is 3. The van der Waals surface area contributed by atoms with E-state index >= 15 is 0 Å². The molecule has 3 N–H and O–H groups in total. The van der Waals surface area contributed by atoms with Gasteiger partial charge in [0, 0.05) is 44.5 Å². The summed E-state index contributed by atoms with van der Waals surface area (Å²) in [5, 5.41) is 12.6. The Kier molecular flexibility index (Phi) is 9.21. The van der Waals surface area contributed by atoms with Gasteiger partial charge in [-0.3, -0.25) is 14.3 Å². The molecule has 1 aliphatic heterocycles. The van der Waals surface area contributed by atoms with Crippen LogP contribution in [0.2, 0.25) is 0 Å². The number of nitrogens with one attached hydrogen (secondary N) is 3. The zero-order chi connectivity index (χ0) is 32.1. The summed E-state index contributed by atoms with van der Waals surface area (Å²) in [6.45, 7) is 3.26. The van der Waals surface area contributed by atoms with E-state index in [1.54, 1.807) is 30.5 Å². The van der Waals surface area contributed by atoms with Crippen LogP contribution in [0.4, 0.5) is 36.3 Å². The lowest BCUT2D eigenvalue weighted by atomic mass is 10.0. The molecule has 45 heavy (non-hydrogen) atoms. The fourth-order valence-corrected chi connectivity index (χ4v) is 5.18. The predicted octanol–water partition coefficient (Wildman–Crippen LogP) is 5.79. The van der Waals surface area contributed by atoms with Crippen LogP contribution < -0.4 is 20.7 Å². The van der Waals surface area contributed by atoms with E-state index in [9.17, 15) is 22.8 Å². The van der Waals surface area contributed by atoms with Crippen LogP contribution in [0.1, 0.15) is 48.1 Å². The summed E-state index contributed by atoms with van der Waals surface area (Å²) >= 11 is 0. The van der Waals surface area contributed by atoms with Crippen LogP contribution in [0, 0.1) is 0 Å². The van der Waals surface area contributed by atoms with Crippen molar-refractivity contribution in [3.63, 3.8) is 0 Å². The third-order valence-corrected chi connectivity index (χ3v) is 7.62. The van der Waals surface area contributed by atoms with Crippen molar-refractivity contribution < 1.29 is 27.5 Å². The van der Waals surface area contributed by atoms with Gasteiger partial charge in [0.05, 0.1) is 36.3 Å². The van der Waals surface area contributed by atoms with Gasteiger partial charge in [0.15, 0.2) is 0 Å². The molecule has 14 heteroatoms. The maximum absolute atomic E-state index is 13.9. The number of rotatable bonds is 9. The SMILES string of the molecule is CCC(=O)N1CCC(n2cc(-c3ccc(Nc4ncc(C(F)(F)F)c(Nc5ccccc5C(=O)NC)n4)c(OC)c3)cn2)CC1. The van der Waals surface area contributed by atoms with Crippen molar-refractivity contribution in [3.05, 3.63) is 72.2 Å². The molecule has 2 aromatic carbocycles. The Bertz CT molecular complexity index is 1680. The molecular formula is C31H33F3N8O3. The molecule has 1 fully saturated rings. The van der Waals surface area contributed by atoms with E-state index < -0.39 is 23.5 Å². The maximum atomic E-state index is 13.9.